The van der Waals surface area contributed by atoms with E-state index in [2.05, 4.69) is 34.6 Å². The number of benzene rings is 3. The molecule has 0 radical (unpaired) electrons. The number of aryl methyl sites for hydroxylation is 2. The lowest BCUT2D eigenvalue weighted by molar-refractivity contribution is -0.121. The number of hydrogen-bond donors (Lipinski definition) is 1. The fourth-order valence-corrected chi connectivity index (χ4v) is 5.61. The van der Waals surface area contributed by atoms with Crippen LogP contribution in [0, 0.1) is 13.8 Å². The molecular weight excluding hydrogens is 512 g/mol. The highest BCUT2D eigenvalue weighted by atomic mass is 32.2. The molecule has 9 heteroatoms. The third-order valence-corrected chi connectivity index (χ3v) is 7.86. The molecule has 39 heavy (non-hydrogen) atoms. The van der Waals surface area contributed by atoms with Crippen molar-refractivity contribution in [1.82, 2.24) is 5.01 Å². The molecule has 3 aromatic carbocycles. The highest BCUT2D eigenvalue weighted by Crippen LogP contribution is 2.41. The number of aliphatic imine (C=N–C) groups is 1. The summed E-state index contributed by atoms with van der Waals surface area (Å²) in [6, 6.07) is 21.3. The van der Waals surface area contributed by atoms with Gasteiger partial charge in [0.2, 0.25) is 5.91 Å². The summed E-state index contributed by atoms with van der Waals surface area (Å²) in [6.07, 6.45) is 0.638. The first kappa shape index (κ1) is 26.5. The number of thioether (sulfide) groups is 1. The molecule has 0 saturated heterocycles. The highest BCUT2D eigenvalue weighted by molar-refractivity contribution is 8.15. The molecule has 0 unspecified atom stereocenters. The van der Waals surface area contributed by atoms with Gasteiger partial charge in [-0.3, -0.25) is 9.59 Å². The van der Waals surface area contributed by atoms with Crippen molar-refractivity contribution in [2.75, 3.05) is 19.5 Å². The van der Waals surface area contributed by atoms with Gasteiger partial charge >= 0.3 is 0 Å². The Morgan fingerprint density at radius 1 is 0.974 bits per heavy atom. The topological polar surface area (TPSA) is 92.6 Å². The van der Waals surface area contributed by atoms with E-state index >= 15 is 0 Å². The summed E-state index contributed by atoms with van der Waals surface area (Å²) in [5, 5.41) is 9.46. The zero-order valence-electron chi connectivity index (χ0n) is 22.3. The molecule has 200 valence electrons. The van der Waals surface area contributed by atoms with Crippen molar-refractivity contribution >= 4 is 40.1 Å². The molecule has 3 aromatic rings. The molecule has 1 N–H and O–H groups in total. The van der Waals surface area contributed by atoms with Gasteiger partial charge in [-0.1, -0.05) is 65.4 Å². The normalized spacial score (nSPS) is 18.6. The standard InChI is InChI=1S/C30H30N4O4S/c1-18-5-9-20(10-6-18)23-16-24(21-11-14-25(37-3)26(15-21)38-4)34(33-23)30-32-29(36)27(39-30)17-28(35)31-22-12-7-19(2)8-13-22/h5-15,24,27H,16-17H2,1-4H3,(H,31,35)/t24-,27+/m0/s1. The van der Waals surface area contributed by atoms with E-state index in [0.717, 1.165) is 22.4 Å². The number of hydrogen-bond acceptors (Lipinski definition) is 7. The molecule has 2 atom stereocenters. The second kappa shape index (κ2) is 11.3. The van der Waals surface area contributed by atoms with E-state index in [1.54, 1.807) is 19.2 Å². The molecule has 0 fully saturated rings. The van der Waals surface area contributed by atoms with E-state index in [4.69, 9.17) is 14.6 Å². The van der Waals surface area contributed by atoms with Gasteiger partial charge in [0.05, 0.1) is 26.0 Å². The third-order valence-electron chi connectivity index (χ3n) is 6.72. The number of anilines is 1. The second-order valence-corrected chi connectivity index (χ2v) is 10.7. The van der Waals surface area contributed by atoms with Crippen molar-refractivity contribution in [3.05, 3.63) is 89.0 Å². The predicted octanol–water partition coefficient (Wildman–Crippen LogP) is 5.50. The molecule has 2 heterocycles. The Balaban J connectivity index is 1.38. The number of ether oxygens (including phenoxy) is 2. The molecule has 0 bridgehead atoms. The average Bonchev–Trinajstić information content (AvgIpc) is 3.54. The van der Waals surface area contributed by atoms with Crippen LogP contribution in [0.4, 0.5) is 5.69 Å². The number of nitrogens with zero attached hydrogens (tertiary/aromatic N) is 3. The number of hydrazone groups is 1. The molecule has 0 saturated carbocycles. The van der Waals surface area contributed by atoms with E-state index in [1.807, 2.05) is 56.3 Å². The summed E-state index contributed by atoms with van der Waals surface area (Å²) >= 11 is 1.28. The fourth-order valence-electron chi connectivity index (χ4n) is 4.55. The smallest absolute Gasteiger partial charge is 0.262 e. The van der Waals surface area contributed by atoms with Gasteiger partial charge in [0.1, 0.15) is 5.25 Å². The van der Waals surface area contributed by atoms with Gasteiger partial charge in [-0.2, -0.15) is 10.1 Å². The van der Waals surface area contributed by atoms with Crippen molar-refractivity contribution in [3.63, 3.8) is 0 Å². The van der Waals surface area contributed by atoms with Crippen LogP contribution < -0.4 is 14.8 Å². The summed E-state index contributed by atoms with van der Waals surface area (Å²) in [5.74, 6) is 0.677. The largest absolute Gasteiger partial charge is 0.493 e. The van der Waals surface area contributed by atoms with Gasteiger partial charge < -0.3 is 14.8 Å². The van der Waals surface area contributed by atoms with Crippen molar-refractivity contribution in [1.29, 1.82) is 0 Å². The van der Waals surface area contributed by atoms with Crippen molar-refractivity contribution in [3.8, 4) is 11.5 Å². The molecule has 2 aliphatic heterocycles. The van der Waals surface area contributed by atoms with Crippen LogP contribution in [-0.4, -0.2) is 47.2 Å². The van der Waals surface area contributed by atoms with Crippen molar-refractivity contribution in [2.45, 2.75) is 38.0 Å². The summed E-state index contributed by atoms with van der Waals surface area (Å²) < 4.78 is 11.0. The quantitative estimate of drug-likeness (QED) is 0.424. The predicted molar refractivity (Wildman–Crippen MR) is 155 cm³/mol. The molecular formula is C30H30N4O4S. The van der Waals surface area contributed by atoms with Crippen LogP contribution in [0.25, 0.3) is 0 Å². The van der Waals surface area contributed by atoms with Gasteiger partial charge in [-0.25, -0.2) is 5.01 Å². The Morgan fingerprint density at radius 3 is 2.31 bits per heavy atom. The zero-order valence-corrected chi connectivity index (χ0v) is 23.1. The first-order chi connectivity index (χ1) is 18.8. The van der Waals surface area contributed by atoms with Crippen LogP contribution in [0.1, 0.15) is 41.1 Å². The zero-order chi connectivity index (χ0) is 27.5. The minimum absolute atomic E-state index is 0.0216. The molecule has 0 aliphatic carbocycles. The van der Waals surface area contributed by atoms with Crippen LogP contribution >= 0.6 is 11.8 Å². The van der Waals surface area contributed by atoms with Crippen molar-refractivity contribution in [2.24, 2.45) is 10.1 Å². The van der Waals surface area contributed by atoms with Gasteiger partial charge in [-0.05, 0) is 49.2 Å². The molecule has 2 amide bonds. The molecule has 0 aromatic heterocycles. The Hall–Kier alpha value is -4.11. The highest BCUT2D eigenvalue weighted by Gasteiger charge is 2.39. The molecule has 5 rings (SSSR count). The number of amides is 2. The number of carbonyl (C=O) groups is 2. The Bertz CT molecular complexity index is 1450. The third kappa shape index (κ3) is 5.83. The Kier molecular flexibility index (Phi) is 7.70. The van der Waals surface area contributed by atoms with Crippen LogP contribution in [0.5, 0.6) is 11.5 Å². The number of nitrogens with one attached hydrogen (secondary N) is 1. The summed E-state index contributed by atoms with van der Waals surface area (Å²) in [7, 11) is 3.20. The van der Waals surface area contributed by atoms with E-state index in [0.29, 0.717) is 28.8 Å². The van der Waals surface area contributed by atoms with Crippen LogP contribution in [0.3, 0.4) is 0 Å². The maximum Gasteiger partial charge on any atom is 0.262 e. The lowest BCUT2D eigenvalue weighted by Gasteiger charge is -2.24. The van der Waals surface area contributed by atoms with E-state index in [1.165, 1.54) is 17.3 Å². The maximum absolute atomic E-state index is 12.9. The lowest BCUT2D eigenvalue weighted by atomic mass is 9.98. The van der Waals surface area contributed by atoms with Crippen LogP contribution in [0.15, 0.2) is 76.8 Å². The number of carbonyl (C=O) groups excluding carboxylic acids is 2. The average molecular weight is 543 g/mol. The SMILES string of the molecule is COc1ccc([C@@H]2CC(c3ccc(C)cc3)=NN2C2=NC(=O)[C@@H](CC(=O)Nc3ccc(C)cc3)S2)cc1OC. The van der Waals surface area contributed by atoms with Gasteiger partial charge in [0.15, 0.2) is 16.7 Å². The number of methoxy groups -OCH3 is 2. The summed E-state index contributed by atoms with van der Waals surface area (Å²) in [5.41, 5.74) is 5.83. The van der Waals surface area contributed by atoms with Gasteiger partial charge in [0.25, 0.3) is 5.91 Å². The van der Waals surface area contributed by atoms with Gasteiger partial charge in [-0.15, -0.1) is 0 Å². The first-order valence-electron chi connectivity index (χ1n) is 12.7. The van der Waals surface area contributed by atoms with Gasteiger partial charge in [0, 0.05) is 18.5 Å². The monoisotopic (exact) mass is 542 g/mol. The Labute approximate surface area is 232 Å². The van der Waals surface area contributed by atoms with Crippen molar-refractivity contribution < 1.29 is 19.1 Å². The fraction of sp³-hybridized carbons (Fsp3) is 0.267. The van der Waals surface area contributed by atoms with Crippen LogP contribution in [-0.2, 0) is 9.59 Å². The first-order valence-corrected chi connectivity index (χ1v) is 13.5. The number of rotatable bonds is 7. The molecule has 8 nitrogen and oxygen atoms in total. The van der Waals surface area contributed by atoms with E-state index in [-0.39, 0.29) is 24.3 Å². The Morgan fingerprint density at radius 2 is 1.64 bits per heavy atom. The lowest BCUT2D eigenvalue weighted by Crippen LogP contribution is -2.25. The maximum atomic E-state index is 12.9. The molecule has 2 aliphatic rings. The van der Waals surface area contributed by atoms with E-state index in [9.17, 15) is 9.59 Å². The molecule has 0 spiro atoms. The van der Waals surface area contributed by atoms with Crippen LogP contribution in [0.2, 0.25) is 0 Å². The van der Waals surface area contributed by atoms with E-state index < -0.39 is 5.25 Å². The second-order valence-electron chi connectivity index (χ2n) is 9.55. The summed E-state index contributed by atoms with van der Waals surface area (Å²) in [4.78, 5) is 29.9. The minimum Gasteiger partial charge on any atom is -0.493 e. The number of amidine groups is 1. The summed E-state index contributed by atoms with van der Waals surface area (Å²) in [6.45, 7) is 4.03. The minimum atomic E-state index is -0.616.